The Morgan fingerprint density at radius 1 is 1.14 bits per heavy atom. The lowest BCUT2D eigenvalue weighted by atomic mass is 9.83. The van der Waals surface area contributed by atoms with Crippen LogP contribution in [0.1, 0.15) is 62.9 Å². The van der Waals surface area contributed by atoms with Crippen molar-refractivity contribution in [2.45, 2.75) is 76.2 Å². The van der Waals surface area contributed by atoms with Gasteiger partial charge in [-0.3, -0.25) is 14.6 Å². The Labute approximate surface area is 209 Å². The Kier molecular flexibility index (Phi) is 7.03. The first-order valence-corrected chi connectivity index (χ1v) is 12.3. The van der Waals surface area contributed by atoms with Crippen molar-refractivity contribution in [2.24, 2.45) is 5.92 Å². The number of hydrogen-bond donors (Lipinski definition) is 2. The molecule has 4 rings (SSSR count). The molecular weight excluding hydrogens is 469 g/mol. The highest BCUT2D eigenvalue weighted by Crippen LogP contribution is 2.41. The van der Waals surface area contributed by atoms with Crippen LogP contribution < -0.4 is 10.6 Å². The van der Waals surface area contributed by atoms with E-state index in [-0.39, 0.29) is 29.1 Å². The minimum atomic E-state index is -4.68. The lowest BCUT2D eigenvalue weighted by Gasteiger charge is -2.32. The molecule has 2 amide bonds. The highest BCUT2D eigenvalue weighted by molar-refractivity contribution is 5.80. The third-order valence-electron chi connectivity index (χ3n) is 7.65. The van der Waals surface area contributed by atoms with Crippen molar-refractivity contribution in [3.63, 3.8) is 0 Å². The van der Waals surface area contributed by atoms with Gasteiger partial charge in [0.1, 0.15) is 0 Å². The van der Waals surface area contributed by atoms with E-state index >= 15 is 0 Å². The number of hydrogen-bond acceptors (Lipinski definition) is 4. The van der Waals surface area contributed by atoms with E-state index < -0.39 is 24.0 Å². The fraction of sp³-hybridized carbons (Fsp3) is 0.519. The van der Waals surface area contributed by atoms with Gasteiger partial charge in [-0.15, -0.1) is 0 Å². The van der Waals surface area contributed by atoms with Gasteiger partial charge in [-0.05, 0) is 48.9 Å². The monoisotopic (exact) mass is 502 g/mol. The normalized spacial score (nSPS) is 23.6. The van der Waals surface area contributed by atoms with E-state index in [0.29, 0.717) is 24.9 Å². The zero-order valence-electron chi connectivity index (χ0n) is 21.0. The Morgan fingerprint density at radius 2 is 1.86 bits per heavy atom. The van der Waals surface area contributed by atoms with Gasteiger partial charge in [-0.1, -0.05) is 38.1 Å². The topological polar surface area (TPSA) is 74.3 Å². The molecule has 4 atom stereocenters. The van der Waals surface area contributed by atoms with Crippen molar-refractivity contribution < 1.29 is 22.8 Å². The van der Waals surface area contributed by atoms with Crippen LogP contribution in [0.2, 0.25) is 0 Å². The number of aromatic nitrogens is 1. The van der Waals surface area contributed by atoms with Crippen LogP contribution in [0.3, 0.4) is 0 Å². The number of halogens is 3. The molecule has 2 aromatic rings. The molecule has 2 N–H and O–H groups in total. The average molecular weight is 503 g/mol. The second-order valence-electron chi connectivity index (χ2n) is 10.6. The number of benzene rings is 1. The van der Waals surface area contributed by atoms with E-state index in [4.69, 9.17) is 0 Å². The molecule has 1 aromatic heterocycles. The first-order chi connectivity index (χ1) is 16.9. The number of nitrogens with zero attached hydrogens (tertiary/aromatic N) is 2. The Hall–Kier alpha value is -3.10. The number of carbonyl (C=O) groups excluding carboxylic acids is 2. The number of nitrogens with one attached hydrogen (secondary N) is 2. The first-order valence-electron chi connectivity index (χ1n) is 12.3. The molecular formula is C27H33F3N4O2. The van der Waals surface area contributed by atoms with Gasteiger partial charge in [0.15, 0.2) is 6.04 Å². The van der Waals surface area contributed by atoms with Crippen LogP contribution in [0.4, 0.5) is 18.9 Å². The molecule has 194 valence electrons. The highest BCUT2D eigenvalue weighted by atomic mass is 19.4. The van der Waals surface area contributed by atoms with E-state index in [2.05, 4.69) is 41.6 Å². The van der Waals surface area contributed by atoms with Crippen molar-refractivity contribution in [1.29, 1.82) is 0 Å². The Morgan fingerprint density at radius 3 is 2.47 bits per heavy atom. The van der Waals surface area contributed by atoms with Gasteiger partial charge >= 0.3 is 6.18 Å². The van der Waals surface area contributed by atoms with Crippen LogP contribution in [0.25, 0.3) is 0 Å². The number of fused-ring (bicyclic) bond motifs is 1. The summed E-state index contributed by atoms with van der Waals surface area (Å²) in [7, 11) is 1.18. The highest BCUT2D eigenvalue weighted by Gasteiger charge is 2.48. The fourth-order valence-corrected chi connectivity index (χ4v) is 5.70. The largest absolute Gasteiger partial charge is 0.414 e. The molecule has 9 heteroatoms. The second kappa shape index (κ2) is 9.75. The number of alkyl halides is 3. The SMILES string of the molecule is CC(=O)N[C@@H]1CC[C@H](C(=O)N(C)[C@@H](c2ccc(N[C@H]3Cc4ccccc4C3(C)C)cn2)C(F)(F)F)C1. The molecule has 0 spiro atoms. The number of pyridine rings is 1. The summed E-state index contributed by atoms with van der Waals surface area (Å²) in [4.78, 5) is 29.2. The molecule has 0 unspecified atom stereocenters. The summed E-state index contributed by atoms with van der Waals surface area (Å²) in [6.07, 6.45) is -1.11. The third kappa shape index (κ3) is 5.20. The van der Waals surface area contributed by atoms with E-state index in [0.717, 1.165) is 11.3 Å². The third-order valence-corrected chi connectivity index (χ3v) is 7.65. The molecule has 1 aromatic carbocycles. The number of amides is 2. The molecule has 2 aliphatic carbocycles. The summed E-state index contributed by atoms with van der Waals surface area (Å²) in [6.45, 7) is 5.69. The first kappa shape index (κ1) is 26.0. The van der Waals surface area contributed by atoms with Gasteiger partial charge < -0.3 is 15.5 Å². The second-order valence-corrected chi connectivity index (χ2v) is 10.6. The zero-order chi connectivity index (χ0) is 26.3. The summed E-state index contributed by atoms with van der Waals surface area (Å²) in [6, 6.07) is 8.91. The molecule has 0 bridgehead atoms. The number of anilines is 1. The molecule has 2 aliphatic rings. The van der Waals surface area contributed by atoms with Gasteiger partial charge in [0.2, 0.25) is 11.8 Å². The molecule has 0 radical (unpaired) electrons. The van der Waals surface area contributed by atoms with Crippen molar-refractivity contribution in [3.05, 3.63) is 59.4 Å². The minimum Gasteiger partial charge on any atom is -0.380 e. The summed E-state index contributed by atoms with van der Waals surface area (Å²) >= 11 is 0. The van der Waals surface area contributed by atoms with E-state index in [1.165, 1.54) is 37.4 Å². The minimum absolute atomic E-state index is 0.0733. The van der Waals surface area contributed by atoms with Crippen LogP contribution in [0, 0.1) is 5.92 Å². The van der Waals surface area contributed by atoms with Crippen molar-refractivity contribution in [3.8, 4) is 0 Å². The molecule has 0 saturated heterocycles. The molecule has 36 heavy (non-hydrogen) atoms. The van der Waals surface area contributed by atoms with Gasteiger partial charge in [-0.2, -0.15) is 13.2 Å². The maximum atomic E-state index is 14.1. The maximum absolute atomic E-state index is 14.1. The summed E-state index contributed by atoms with van der Waals surface area (Å²) in [5, 5.41) is 6.19. The molecule has 1 saturated carbocycles. The van der Waals surface area contributed by atoms with Gasteiger partial charge in [0, 0.05) is 37.4 Å². The predicted molar refractivity (Wildman–Crippen MR) is 131 cm³/mol. The lowest BCUT2D eigenvalue weighted by molar-refractivity contribution is -0.191. The molecule has 0 aliphatic heterocycles. The zero-order valence-corrected chi connectivity index (χ0v) is 21.0. The van der Waals surface area contributed by atoms with Crippen molar-refractivity contribution >= 4 is 17.5 Å². The predicted octanol–water partition coefficient (Wildman–Crippen LogP) is 4.76. The number of carbonyl (C=O) groups is 2. The average Bonchev–Trinajstić information content (AvgIpc) is 3.35. The standard InChI is InChI=1S/C27H33F3N4O2/c1-16(35)32-19-10-9-18(13-19)25(36)34(4)24(27(28,29)30)22-12-11-20(15-31-22)33-23-14-17-7-5-6-8-21(17)26(23,2)3/h5-8,11-12,15,18-19,23-24,33H,9-10,13-14H2,1-4H3,(H,32,35)/t18-,19+,23-,24-/m0/s1. The quantitative estimate of drug-likeness (QED) is 0.597. The van der Waals surface area contributed by atoms with E-state index in [9.17, 15) is 22.8 Å². The summed E-state index contributed by atoms with van der Waals surface area (Å²) in [5.41, 5.74) is 2.78. The van der Waals surface area contributed by atoms with Crippen LogP contribution in [-0.2, 0) is 21.4 Å². The Balaban J connectivity index is 1.48. The molecule has 6 nitrogen and oxygen atoms in total. The summed E-state index contributed by atoms with van der Waals surface area (Å²) in [5.74, 6) is -1.36. The van der Waals surface area contributed by atoms with E-state index in [1.807, 2.05) is 12.1 Å². The van der Waals surface area contributed by atoms with Crippen LogP contribution in [0.15, 0.2) is 42.6 Å². The Bertz CT molecular complexity index is 1120. The summed E-state index contributed by atoms with van der Waals surface area (Å²) < 4.78 is 42.4. The van der Waals surface area contributed by atoms with Crippen molar-refractivity contribution in [2.75, 3.05) is 12.4 Å². The van der Waals surface area contributed by atoms with E-state index in [1.54, 1.807) is 6.07 Å². The van der Waals surface area contributed by atoms with Gasteiger partial charge in [-0.25, -0.2) is 0 Å². The van der Waals surface area contributed by atoms with Gasteiger partial charge in [0.05, 0.1) is 17.6 Å². The molecule has 1 fully saturated rings. The van der Waals surface area contributed by atoms with Crippen LogP contribution >= 0.6 is 0 Å². The molecule has 1 heterocycles. The fourth-order valence-electron chi connectivity index (χ4n) is 5.70. The lowest BCUT2D eigenvalue weighted by Crippen LogP contribution is -2.43. The maximum Gasteiger partial charge on any atom is 0.414 e. The number of rotatable bonds is 6. The van der Waals surface area contributed by atoms with Gasteiger partial charge in [0.25, 0.3) is 0 Å². The van der Waals surface area contributed by atoms with Crippen LogP contribution in [-0.4, -0.2) is 47.0 Å². The van der Waals surface area contributed by atoms with Crippen LogP contribution in [0.5, 0.6) is 0 Å². The van der Waals surface area contributed by atoms with Crippen molar-refractivity contribution in [1.82, 2.24) is 15.2 Å². The smallest absolute Gasteiger partial charge is 0.380 e.